The third-order valence-electron chi connectivity index (χ3n) is 9.43. The number of anilines is 2. The van der Waals surface area contributed by atoms with Gasteiger partial charge in [0.05, 0.1) is 0 Å². The zero-order valence-corrected chi connectivity index (χ0v) is 24.8. The van der Waals surface area contributed by atoms with Crippen molar-refractivity contribution < 1.29 is 0 Å². The Kier molecular flexibility index (Phi) is 6.49. The van der Waals surface area contributed by atoms with Gasteiger partial charge in [-0.3, -0.25) is 0 Å². The third-order valence-corrected chi connectivity index (χ3v) is 9.43. The molecule has 0 unspecified atom stereocenters. The number of benzene rings is 3. The average Bonchev–Trinajstić information content (AvgIpc) is 3.49. The lowest BCUT2D eigenvalue weighted by molar-refractivity contribution is 0.622. The minimum atomic E-state index is -0.0387. The maximum absolute atomic E-state index is 2.67. The van der Waals surface area contributed by atoms with Crippen molar-refractivity contribution in [2.75, 3.05) is 22.9 Å². The second-order valence-electron chi connectivity index (χ2n) is 12.7. The predicted molar refractivity (Wildman–Crippen MR) is 168 cm³/mol. The summed E-state index contributed by atoms with van der Waals surface area (Å²) in [5, 5.41) is 0. The zero-order chi connectivity index (χ0) is 27.4. The van der Waals surface area contributed by atoms with E-state index in [2.05, 4.69) is 124 Å². The van der Waals surface area contributed by atoms with E-state index in [4.69, 9.17) is 0 Å². The lowest BCUT2D eigenvalue weighted by Gasteiger charge is -2.31. The summed E-state index contributed by atoms with van der Waals surface area (Å²) in [6, 6.07) is 27.5. The minimum Gasteiger partial charge on any atom is -0.344 e. The first-order chi connectivity index (χ1) is 18.8. The van der Waals surface area contributed by atoms with Crippen molar-refractivity contribution in [1.82, 2.24) is 0 Å². The van der Waals surface area contributed by atoms with Crippen LogP contribution < -0.4 is 9.80 Å². The Balaban J connectivity index is 1.60. The summed E-state index contributed by atoms with van der Waals surface area (Å²) in [4.78, 5) is 5.34. The Morgan fingerprint density at radius 3 is 1.36 bits per heavy atom. The van der Waals surface area contributed by atoms with E-state index in [1.54, 1.807) is 0 Å². The third kappa shape index (κ3) is 3.90. The molecule has 0 N–H and O–H groups in total. The Hall–Kier alpha value is -3.26. The molecule has 2 heterocycles. The highest BCUT2D eigenvalue weighted by Gasteiger charge is 2.46. The standard InChI is InChI=1S/C37H44N2/c1-7-9-23-38-32-21-15-13-19-30(32)36(3,4)34(38)28-25-29(27-18-12-11-17-26(27)28)35-37(5,6)31-20-14-16-22-33(31)39(35)24-10-8-2/h11-22H,7-10,23-25H2,1-6H3/b34-28-,35-29-. The topological polar surface area (TPSA) is 6.48 Å². The minimum absolute atomic E-state index is 0.0387. The van der Waals surface area contributed by atoms with Gasteiger partial charge >= 0.3 is 0 Å². The van der Waals surface area contributed by atoms with Crippen LogP contribution in [-0.2, 0) is 10.8 Å². The molecule has 3 aliphatic rings. The number of fused-ring (bicyclic) bond motifs is 3. The van der Waals surface area contributed by atoms with Crippen LogP contribution in [0.1, 0.15) is 95.9 Å². The summed E-state index contributed by atoms with van der Waals surface area (Å²) in [6.07, 6.45) is 5.79. The van der Waals surface area contributed by atoms with Gasteiger partial charge < -0.3 is 9.80 Å². The van der Waals surface area contributed by atoms with Crippen LogP contribution in [0.2, 0.25) is 0 Å². The fourth-order valence-corrected chi connectivity index (χ4v) is 7.62. The molecule has 39 heavy (non-hydrogen) atoms. The van der Waals surface area contributed by atoms with Crippen LogP contribution in [0.15, 0.2) is 84.2 Å². The van der Waals surface area contributed by atoms with Gasteiger partial charge in [0.2, 0.25) is 0 Å². The first kappa shape index (κ1) is 26.0. The van der Waals surface area contributed by atoms with E-state index in [1.165, 1.54) is 81.9 Å². The summed E-state index contributed by atoms with van der Waals surface area (Å²) in [5.41, 5.74) is 14.6. The van der Waals surface area contributed by atoms with Crippen LogP contribution in [0, 0.1) is 0 Å². The molecule has 202 valence electrons. The van der Waals surface area contributed by atoms with E-state index in [9.17, 15) is 0 Å². The number of rotatable bonds is 6. The molecule has 0 aromatic heterocycles. The van der Waals surface area contributed by atoms with Crippen molar-refractivity contribution in [3.05, 3.63) is 106 Å². The Bertz CT molecular complexity index is 1360. The molecule has 2 heteroatoms. The van der Waals surface area contributed by atoms with Gasteiger partial charge in [0.25, 0.3) is 0 Å². The van der Waals surface area contributed by atoms with Gasteiger partial charge in [-0.1, -0.05) is 115 Å². The van der Waals surface area contributed by atoms with Crippen LogP contribution in [0.25, 0.3) is 11.1 Å². The monoisotopic (exact) mass is 516 g/mol. The fourth-order valence-electron chi connectivity index (χ4n) is 7.62. The van der Waals surface area contributed by atoms with E-state index >= 15 is 0 Å². The summed E-state index contributed by atoms with van der Waals surface area (Å²) < 4.78 is 0. The quantitative estimate of drug-likeness (QED) is 0.322. The summed E-state index contributed by atoms with van der Waals surface area (Å²) >= 11 is 0. The predicted octanol–water partition coefficient (Wildman–Crippen LogP) is 9.71. The first-order valence-electron chi connectivity index (χ1n) is 15.1. The molecule has 2 aliphatic heterocycles. The molecule has 0 saturated carbocycles. The largest absolute Gasteiger partial charge is 0.344 e. The molecular formula is C37H44N2. The van der Waals surface area contributed by atoms with Crippen LogP contribution >= 0.6 is 0 Å². The van der Waals surface area contributed by atoms with Gasteiger partial charge in [-0.2, -0.15) is 0 Å². The number of unbranched alkanes of at least 4 members (excludes halogenated alkanes) is 2. The highest BCUT2D eigenvalue weighted by molar-refractivity contribution is 5.99. The van der Waals surface area contributed by atoms with E-state index in [0.717, 1.165) is 19.5 Å². The molecule has 0 amide bonds. The number of para-hydroxylation sites is 2. The van der Waals surface area contributed by atoms with Crippen LogP contribution in [-0.4, -0.2) is 13.1 Å². The number of hydrogen-bond acceptors (Lipinski definition) is 2. The molecule has 2 nitrogen and oxygen atoms in total. The normalized spacial score (nSPS) is 22.3. The number of nitrogens with zero attached hydrogens (tertiary/aromatic N) is 2. The van der Waals surface area contributed by atoms with Gasteiger partial charge in [-0.05, 0) is 58.4 Å². The Morgan fingerprint density at radius 1 is 0.564 bits per heavy atom. The van der Waals surface area contributed by atoms with Crippen molar-refractivity contribution in [1.29, 1.82) is 0 Å². The smallest absolute Gasteiger partial charge is 0.0450 e. The first-order valence-corrected chi connectivity index (χ1v) is 15.1. The van der Waals surface area contributed by atoms with Crippen molar-refractivity contribution in [3.63, 3.8) is 0 Å². The average molecular weight is 517 g/mol. The van der Waals surface area contributed by atoms with Gasteiger partial charge in [-0.25, -0.2) is 0 Å². The molecule has 0 spiro atoms. The molecule has 0 fully saturated rings. The SMILES string of the molecule is CCCCN1/C(=C2/C/C(=C3/N(CCCC)c4ccccc4C3(C)C)c3ccccc32)C(C)(C)c2ccccc21. The fraction of sp³-hybridized carbons (Fsp3) is 0.405. The molecule has 0 bridgehead atoms. The van der Waals surface area contributed by atoms with E-state index in [-0.39, 0.29) is 10.8 Å². The highest BCUT2D eigenvalue weighted by Crippen LogP contribution is 2.58. The maximum atomic E-state index is 2.67. The van der Waals surface area contributed by atoms with Crippen molar-refractivity contribution >= 4 is 22.5 Å². The molecule has 6 rings (SSSR count). The van der Waals surface area contributed by atoms with Crippen LogP contribution in [0.4, 0.5) is 11.4 Å². The molecule has 0 radical (unpaired) electrons. The van der Waals surface area contributed by atoms with Crippen LogP contribution in [0.5, 0.6) is 0 Å². The lowest BCUT2D eigenvalue weighted by atomic mass is 9.80. The van der Waals surface area contributed by atoms with Gasteiger partial charge in [0.1, 0.15) is 0 Å². The van der Waals surface area contributed by atoms with Gasteiger partial charge in [-0.15, -0.1) is 0 Å². The summed E-state index contributed by atoms with van der Waals surface area (Å²) in [5.74, 6) is 0. The highest BCUT2D eigenvalue weighted by atomic mass is 15.2. The van der Waals surface area contributed by atoms with E-state index in [1.807, 2.05) is 0 Å². The number of allylic oxidation sites excluding steroid dienone is 4. The Labute approximate surface area is 236 Å². The lowest BCUT2D eigenvalue weighted by Crippen LogP contribution is -2.29. The molecular weight excluding hydrogens is 472 g/mol. The summed E-state index contributed by atoms with van der Waals surface area (Å²) in [7, 11) is 0. The zero-order valence-electron chi connectivity index (χ0n) is 24.8. The van der Waals surface area contributed by atoms with Crippen molar-refractivity contribution in [2.24, 2.45) is 0 Å². The van der Waals surface area contributed by atoms with Gasteiger partial charge in [0, 0.05) is 53.1 Å². The van der Waals surface area contributed by atoms with E-state index < -0.39 is 0 Å². The molecule has 0 saturated heterocycles. The second kappa shape index (κ2) is 9.73. The van der Waals surface area contributed by atoms with Crippen LogP contribution in [0.3, 0.4) is 0 Å². The second-order valence-corrected chi connectivity index (χ2v) is 12.7. The molecule has 3 aromatic rings. The molecule has 0 atom stereocenters. The molecule has 3 aromatic carbocycles. The molecule has 1 aliphatic carbocycles. The van der Waals surface area contributed by atoms with Crippen molar-refractivity contribution in [2.45, 2.75) is 84.5 Å². The summed E-state index contributed by atoms with van der Waals surface area (Å²) in [6.45, 7) is 16.5. The Morgan fingerprint density at radius 2 is 0.949 bits per heavy atom. The van der Waals surface area contributed by atoms with E-state index in [0.29, 0.717) is 0 Å². The van der Waals surface area contributed by atoms with Gasteiger partial charge in [0.15, 0.2) is 0 Å². The number of hydrogen-bond donors (Lipinski definition) is 0. The van der Waals surface area contributed by atoms with Crippen molar-refractivity contribution in [3.8, 4) is 0 Å². The maximum Gasteiger partial charge on any atom is 0.0450 e.